The van der Waals surface area contributed by atoms with Crippen LogP contribution in [0, 0.1) is 11.6 Å². The Balaban J connectivity index is 1.69. The summed E-state index contributed by atoms with van der Waals surface area (Å²) in [5.41, 5.74) is 0.755. The van der Waals surface area contributed by atoms with Crippen LogP contribution in [-0.4, -0.2) is 35.4 Å². The molecule has 2 atom stereocenters. The summed E-state index contributed by atoms with van der Waals surface area (Å²) in [4.78, 5) is 14.5. The van der Waals surface area contributed by atoms with E-state index >= 15 is 0 Å². The lowest BCUT2D eigenvalue weighted by molar-refractivity contribution is 0.0711. The second-order valence-electron chi connectivity index (χ2n) is 6.08. The predicted octanol–water partition coefficient (Wildman–Crippen LogP) is 2.64. The largest absolute Gasteiger partial charge is 0.454 e. The van der Waals surface area contributed by atoms with E-state index in [4.69, 9.17) is 9.47 Å². The van der Waals surface area contributed by atoms with Crippen molar-refractivity contribution in [3.63, 3.8) is 0 Å². The molecule has 1 fully saturated rings. The molecular formula is C18H15F2NO4. The molecule has 5 nitrogen and oxygen atoms in total. The van der Waals surface area contributed by atoms with Gasteiger partial charge in [0, 0.05) is 6.54 Å². The highest BCUT2D eigenvalue weighted by Gasteiger charge is 2.37. The Kier molecular flexibility index (Phi) is 3.80. The molecule has 1 N–H and O–H groups in total. The molecular weight excluding hydrogens is 332 g/mol. The second kappa shape index (κ2) is 6.00. The fraction of sp³-hybridized carbons (Fsp3) is 0.278. The quantitative estimate of drug-likeness (QED) is 0.907. The van der Waals surface area contributed by atoms with Crippen molar-refractivity contribution in [1.29, 1.82) is 0 Å². The molecule has 2 aromatic rings. The molecule has 7 heteroatoms. The maximum absolute atomic E-state index is 13.6. The molecule has 0 aromatic heterocycles. The SMILES string of the molecule is O=C(c1cccc2c1OCO2)N1CC(O)CC1c1ccc(F)c(F)c1. The lowest BCUT2D eigenvalue weighted by Crippen LogP contribution is -2.32. The summed E-state index contributed by atoms with van der Waals surface area (Å²) < 4.78 is 37.4. The van der Waals surface area contributed by atoms with Gasteiger partial charge in [0.05, 0.1) is 17.7 Å². The molecule has 2 aliphatic rings. The van der Waals surface area contributed by atoms with E-state index in [0.717, 1.165) is 12.1 Å². The standard InChI is InChI=1S/C18H15F2NO4/c19-13-5-4-10(6-14(13)20)15-7-11(22)8-21(15)18(23)12-2-1-3-16-17(12)25-9-24-16/h1-6,11,15,22H,7-9H2. The Morgan fingerprint density at radius 1 is 1.16 bits per heavy atom. The van der Waals surface area contributed by atoms with Crippen molar-refractivity contribution in [3.05, 3.63) is 59.2 Å². The zero-order chi connectivity index (χ0) is 17.6. The van der Waals surface area contributed by atoms with Gasteiger partial charge in [0.2, 0.25) is 6.79 Å². The minimum Gasteiger partial charge on any atom is -0.454 e. The minimum absolute atomic E-state index is 0.0366. The third kappa shape index (κ3) is 2.70. The molecule has 0 saturated carbocycles. The van der Waals surface area contributed by atoms with Gasteiger partial charge in [-0.05, 0) is 36.2 Å². The van der Waals surface area contributed by atoms with Crippen LogP contribution in [0.15, 0.2) is 36.4 Å². The Hall–Kier alpha value is -2.67. The molecule has 1 amide bonds. The van der Waals surface area contributed by atoms with Crippen molar-refractivity contribution in [2.24, 2.45) is 0 Å². The molecule has 2 aliphatic heterocycles. The van der Waals surface area contributed by atoms with Gasteiger partial charge in [0.15, 0.2) is 23.1 Å². The van der Waals surface area contributed by atoms with Crippen LogP contribution in [-0.2, 0) is 0 Å². The molecule has 2 unspecified atom stereocenters. The second-order valence-corrected chi connectivity index (χ2v) is 6.08. The fourth-order valence-electron chi connectivity index (χ4n) is 3.33. The predicted molar refractivity (Wildman–Crippen MR) is 83.3 cm³/mol. The van der Waals surface area contributed by atoms with Crippen molar-refractivity contribution >= 4 is 5.91 Å². The monoisotopic (exact) mass is 347 g/mol. The number of aliphatic hydroxyl groups is 1. The highest BCUT2D eigenvalue weighted by atomic mass is 19.2. The topological polar surface area (TPSA) is 59.0 Å². The fourth-order valence-corrected chi connectivity index (χ4v) is 3.33. The number of benzene rings is 2. The van der Waals surface area contributed by atoms with Crippen molar-refractivity contribution in [2.75, 3.05) is 13.3 Å². The number of likely N-dealkylation sites (tertiary alicyclic amines) is 1. The summed E-state index contributed by atoms with van der Waals surface area (Å²) in [6, 6.07) is 7.96. The number of fused-ring (bicyclic) bond motifs is 1. The molecule has 4 rings (SSSR count). The van der Waals surface area contributed by atoms with Crippen molar-refractivity contribution < 1.29 is 28.2 Å². The van der Waals surface area contributed by atoms with Crippen molar-refractivity contribution in [3.8, 4) is 11.5 Å². The van der Waals surface area contributed by atoms with Gasteiger partial charge in [-0.15, -0.1) is 0 Å². The molecule has 1 saturated heterocycles. The van der Waals surface area contributed by atoms with E-state index in [1.54, 1.807) is 18.2 Å². The summed E-state index contributed by atoms with van der Waals surface area (Å²) in [6.07, 6.45) is -0.487. The minimum atomic E-state index is -0.983. The van der Waals surface area contributed by atoms with Gasteiger partial charge in [-0.3, -0.25) is 4.79 Å². The van der Waals surface area contributed by atoms with Gasteiger partial charge in [0.1, 0.15) is 0 Å². The average molecular weight is 347 g/mol. The van der Waals surface area contributed by atoms with E-state index in [1.807, 2.05) is 0 Å². The average Bonchev–Trinajstić information content (AvgIpc) is 3.22. The maximum Gasteiger partial charge on any atom is 0.258 e. The number of amides is 1. The highest BCUT2D eigenvalue weighted by Crippen LogP contribution is 2.39. The van der Waals surface area contributed by atoms with Crippen LogP contribution >= 0.6 is 0 Å². The van der Waals surface area contributed by atoms with Gasteiger partial charge >= 0.3 is 0 Å². The first-order chi connectivity index (χ1) is 12.0. The Bertz CT molecular complexity index is 842. The number of halogens is 2. The van der Waals surface area contributed by atoms with Crippen LogP contribution in [0.2, 0.25) is 0 Å². The van der Waals surface area contributed by atoms with E-state index in [2.05, 4.69) is 0 Å². The molecule has 0 aliphatic carbocycles. The van der Waals surface area contributed by atoms with Gasteiger partial charge in [-0.1, -0.05) is 12.1 Å². The van der Waals surface area contributed by atoms with Gasteiger partial charge in [-0.25, -0.2) is 8.78 Å². The Morgan fingerprint density at radius 3 is 2.80 bits per heavy atom. The summed E-state index contributed by atoms with van der Waals surface area (Å²) in [5.74, 6) is -1.45. The molecule has 2 aromatic carbocycles. The Morgan fingerprint density at radius 2 is 2.00 bits per heavy atom. The summed E-state index contributed by atoms with van der Waals surface area (Å²) in [6.45, 7) is 0.141. The normalized spacial score (nSPS) is 21.6. The molecule has 0 bridgehead atoms. The van der Waals surface area contributed by atoms with Crippen LogP contribution in [0.25, 0.3) is 0 Å². The lowest BCUT2D eigenvalue weighted by Gasteiger charge is -2.25. The van der Waals surface area contributed by atoms with Crippen LogP contribution < -0.4 is 9.47 Å². The zero-order valence-electron chi connectivity index (χ0n) is 13.1. The van der Waals surface area contributed by atoms with Crippen LogP contribution in [0.3, 0.4) is 0 Å². The first-order valence-electron chi connectivity index (χ1n) is 7.87. The van der Waals surface area contributed by atoms with Crippen LogP contribution in [0.5, 0.6) is 11.5 Å². The maximum atomic E-state index is 13.6. The number of hydrogen-bond donors (Lipinski definition) is 1. The van der Waals surface area contributed by atoms with E-state index in [0.29, 0.717) is 22.6 Å². The number of aliphatic hydroxyl groups excluding tert-OH is 1. The first-order valence-corrected chi connectivity index (χ1v) is 7.87. The van der Waals surface area contributed by atoms with Crippen molar-refractivity contribution in [2.45, 2.75) is 18.6 Å². The third-order valence-electron chi connectivity index (χ3n) is 4.50. The van der Waals surface area contributed by atoms with E-state index in [9.17, 15) is 18.7 Å². The molecule has 25 heavy (non-hydrogen) atoms. The molecule has 2 heterocycles. The summed E-state index contributed by atoms with van der Waals surface area (Å²) >= 11 is 0. The number of nitrogens with zero attached hydrogens (tertiary/aromatic N) is 1. The van der Waals surface area contributed by atoms with E-state index in [1.165, 1.54) is 11.0 Å². The number of rotatable bonds is 2. The van der Waals surface area contributed by atoms with E-state index < -0.39 is 23.8 Å². The molecule has 0 radical (unpaired) electrons. The number of carbonyl (C=O) groups is 1. The first kappa shape index (κ1) is 15.8. The van der Waals surface area contributed by atoms with Gasteiger partial charge in [0.25, 0.3) is 5.91 Å². The van der Waals surface area contributed by atoms with Crippen LogP contribution in [0.4, 0.5) is 8.78 Å². The van der Waals surface area contributed by atoms with E-state index in [-0.39, 0.29) is 25.7 Å². The lowest BCUT2D eigenvalue weighted by atomic mass is 10.0. The zero-order valence-corrected chi connectivity index (χ0v) is 13.1. The Labute approximate surface area is 142 Å². The van der Waals surface area contributed by atoms with Crippen LogP contribution in [0.1, 0.15) is 28.4 Å². The van der Waals surface area contributed by atoms with Crippen molar-refractivity contribution in [1.82, 2.24) is 4.90 Å². The smallest absolute Gasteiger partial charge is 0.258 e. The number of hydrogen-bond acceptors (Lipinski definition) is 4. The number of para-hydroxylation sites is 1. The highest BCUT2D eigenvalue weighted by molar-refractivity contribution is 5.98. The number of carbonyl (C=O) groups excluding carboxylic acids is 1. The third-order valence-corrected chi connectivity index (χ3v) is 4.50. The molecule has 130 valence electrons. The summed E-state index contributed by atoms with van der Waals surface area (Å²) in [7, 11) is 0. The molecule has 0 spiro atoms. The number of β-amino-alcohol motifs (C(OH)–C–C–N with tert-alkyl or cyclic N) is 1. The van der Waals surface area contributed by atoms with Gasteiger partial charge < -0.3 is 19.5 Å². The summed E-state index contributed by atoms with van der Waals surface area (Å²) in [5, 5.41) is 10.0. The van der Waals surface area contributed by atoms with Gasteiger partial charge in [-0.2, -0.15) is 0 Å². The number of ether oxygens (including phenoxy) is 2.